The van der Waals surface area contributed by atoms with Crippen LogP contribution < -0.4 is 5.32 Å². The van der Waals surface area contributed by atoms with Crippen molar-refractivity contribution in [3.63, 3.8) is 0 Å². The van der Waals surface area contributed by atoms with Crippen molar-refractivity contribution in [2.45, 2.75) is 31.2 Å². The van der Waals surface area contributed by atoms with Gasteiger partial charge in [0.15, 0.2) is 0 Å². The fourth-order valence-electron chi connectivity index (χ4n) is 4.03. The number of ether oxygens (including phenoxy) is 1. The van der Waals surface area contributed by atoms with Gasteiger partial charge < -0.3 is 15.0 Å². The molecule has 3 heterocycles. The first-order valence-corrected chi connectivity index (χ1v) is 14.1. The number of anilines is 1. The minimum atomic E-state index is -0.295. The molecule has 0 atom stereocenters. The van der Waals surface area contributed by atoms with Gasteiger partial charge in [-0.15, -0.1) is 34.4 Å². The number of carbonyl (C=O) groups excluding carboxylic acids is 2. The Morgan fingerprint density at radius 1 is 1.11 bits per heavy atom. The van der Waals surface area contributed by atoms with Crippen LogP contribution in [0.3, 0.4) is 0 Å². The van der Waals surface area contributed by atoms with E-state index in [0.717, 1.165) is 35.6 Å². The second-order valence-corrected chi connectivity index (χ2v) is 11.3. The molecular formula is C26H25N3O3S3. The van der Waals surface area contributed by atoms with Gasteiger partial charge in [-0.1, -0.05) is 30.3 Å². The topological polar surface area (TPSA) is 71.5 Å². The number of thiophene rings is 1. The molecule has 0 bridgehead atoms. The molecule has 5 rings (SSSR count). The van der Waals surface area contributed by atoms with E-state index < -0.39 is 0 Å². The van der Waals surface area contributed by atoms with Gasteiger partial charge in [0.2, 0.25) is 5.91 Å². The first kappa shape index (κ1) is 23.8. The molecule has 9 heteroatoms. The molecule has 0 radical (unpaired) electrons. The lowest BCUT2D eigenvalue weighted by molar-refractivity contribution is -0.115. The molecule has 4 aromatic rings. The number of carbonyl (C=O) groups is 2. The van der Waals surface area contributed by atoms with E-state index in [9.17, 15) is 9.59 Å². The van der Waals surface area contributed by atoms with Gasteiger partial charge in [-0.3, -0.25) is 4.79 Å². The van der Waals surface area contributed by atoms with Crippen LogP contribution in [0.4, 0.5) is 9.80 Å². The van der Waals surface area contributed by atoms with E-state index in [4.69, 9.17) is 9.72 Å². The monoisotopic (exact) mass is 523 g/mol. The Kier molecular flexibility index (Phi) is 7.36. The van der Waals surface area contributed by atoms with E-state index in [-0.39, 0.29) is 12.0 Å². The van der Waals surface area contributed by atoms with Crippen LogP contribution in [-0.4, -0.2) is 40.8 Å². The molecule has 0 aliphatic carbocycles. The van der Waals surface area contributed by atoms with E-state index >= 15 is 0 Å². The summed E-state index contributed by atoms with van der Waals surface area (Å²) in [5.74, 6) is 0.685. The lowest BCUT2D eigenvalue weighted by atomic mass is 10.0. The highest BCUT2D eigenvalue weighted by atomic mass is 32.2. The zero-order valence-electron chi connectivity index (χ0n) is 19.3. The summed E-state index contributed by atoms with van der Waals surface area (Å²) in [6.45, 7) is 3.23. The number of hydrogen-bond acceptors (Lipinski definition) is 7. The Balaban J connectivity index is 1.40. The molecule has 1 aliphatic rings. The molecule has 0 saturated carbocycles. The predicted molar refractivity (Wildman–Crippen MR) is 144 cm³/mol. The van der Waals surface area contributed by atoms with E-state index in [1.165, 1.54) is 5.56 Å². The van der Waals surface area contributed by atoms with Crippen LogP contribution >= 0.6 is 34.4 Å². The number of para-hydroxylation sites is 1. The van der Waals surface area contributed by atoms with Gasteiger partial charge in [-0.25, -0.2) is 9.78 Å². The molecule has 6 nitrogen and oxygen atoms in total. The number of aromatic nitrogens is 1. The summed E-state index contributed by atoms with van der Waals surface area (Å²) in [6, 6.07) is 18.2. The molecule has 0 fully saturated rings. The second kappa shape index (κ2) is 10.8. The highest BCUT2D eigenvalue weighted by Crippen LogP contribution is 2.45. The summed E-state index contributed by atoms with van der Waals surface area (Å²) < 4.78 is 6.33. The minimum absolute atomic E-state index is 0.0170. The zero-order valence-corrected chi connectivity index (χ0v) is 21.7. The third-order valence-electron chi connectivity index (χ3n) is 5.68. The number of amides is 2. The summed E-state index contributed by atoms with van der Waals surface area (Å²) in [6.07, 6.45) is 0.822. The molecule has 180 valence electrons. The predicted octanol–water partition coefficient (Wildman–Crippen LogP) is 6.66. The van der Waals surface area contributed by atoms with E-state index in [1.807, 2.05) is 43.3 Å². The molecule has 0 unspecified atom stereocenters. The quantitative estimate of drug-likeness (QED) is 0.274. The van der Waals surface area contributed by atoms with Crippen molar-refractivity contribution in [2.24, 2.45) is 0 Å². The van der Waals surface area contributed by atoms with Crippen molar-refractivity contribution in [2.75, 3.05) is 24.2 Å². The Morgan fingerprint density at radius 3 is 2.71 bits per heavy atom. The Labute approximate surface area is 216 Å². The van der Waals surface area contributed by atoms with E-state index in [0.29, 0.717) is 38.3 Å². The standard InChI is InChI=1S/C26H25N3O3S3/c1-2-32-26(31)29-14-12-18-21(16-29)35-25(23(18)24-27-19-10-6-7-11-20(19)34-24)28-22(30)13-15-33-17-8-4-3-5-9-17/h3-11H,2,12-16H2,1H3,(H,28,30). The van der Waals surface area contributed by atoms with Crippen molar-refractivity contribution >= 4 is 61.7 Å². The zero-order chi connectivity index (χ0) is 24.2. The van der Waals surface area contributed by atoms with E-state index in [1.54, 1.807) is 39.3 Å². The van der Waals surface area contributed by atoms with Gasteiger partial charge in [0, 0.05) is 34.1 Å². The molecule has 1 N–H and O–H groups in total. The van der Waals surface area contributed by atoms with Gasteiger partial charge in [0.05, 0.1) is 23.4 Å². The van der Waals surface area contributed by atoms with Crippen LogP contribution in [-0.2, 0) is 22.5 Å². The summed E-state index contributed by atoms with van der Waals surface area (Å²) in [7, 11) is 0. The van der Waals surface area contributed by atoms with Crippen molar-refractivity contribution in [1.82, 2.24) is 9.88 Å². The molecule has 35 heavy (non-hydrogen) atoms. The Bertz CT molecular complexity index is 1320. The molecule has 1 aliphatic heterocycles. The minimum Gasteiger partial charge on any atom is -0.450 e. The highest BCUT2D eigenvalue weighted by Gasteiger charge is 2.30. The number of hydrogen-bond donors (Lipinski definition) is 1. The number of fused-ring (bicyclic) bond motifs is 2. The summed E-state index contributed by atoms with van der Waals surface area (Å²) in [5.41, 5.74) is 3.12. The molecule has 2 aromatic heterocycles. The summed E-state index contributed by atoms with van der Waals surface area (Å²) in [4.78, 5) is 34.1. The van der Waals surface area contributed by atoms with Gasteiger partial charge in [0.1, 0.15) is 10.0 Å². The molecule has 0 saturated heterocycles. The number of nitrogens with zero attached hydrogens (tertiary/aromatic N) is 2. The Hall–Kier alpha value is -2.88. The number of rotatable bonds is 7. The van der Waals surface area contributed by atoms with Crippen LogP contribution in [0.25, 0.3) is 20.8 Å². The van der Waals surface area contributed by atoms with Crippen molar-refractivity contribution < 1.29 is 14.3 Å². The van der Waals surface area contributed by atoms with Gasteiger partial charge in [0.25, 0.3) is 0 Å². The number of thioether (sulfide) groups is 1. The first-order chi connectivity index (χ1) is 17.1. The third-order valence-corrected chi connectivity index (χ3v) is 8.88. The van der Waals surface area contributed by atoms with Gasteiger partial charge in [-0.2, -0.15) is 0 Å². The lowest BCUT2D eigenvalue weighted by Gasteiger charge is -2.26. The number of nitrogens with one attached hydrogen (secondary N) is 1. The van der Waals surface area contributed by atoms with Crippen LogP contribution in [0.15, 0.2) is 59.5 Å². The number of thiazole rings is 1. The summed E-state index contributed by atoms with van der Waals surface area (Å²) in [5, 5.41) is 4.88. The lowest BCUT2D eigenvalue weighted by Crippen LogP contribution is -2.35. The highest BCUT2D eigenvalue weighted by molar-refractivity contribution is 7.99. The number of benzene rings is 2. The van der Waals surface area contributed by atoms with Crippen LogP contribution in [0.5, 0.6) is 0 Å². The van der Waals surface area contributed by atoms with Gasteiger partial charge in [-0.05, 0) is 43.2 Å². The smallest absolute Gasteiger partial charge is 0.410 e. The maximum Gasteiger partial charge on any atom is 0.410 e. The first-order valence-electron chi connectivity index (χ1n) is 11.5. The average Bonchev–Trinajstić information content (AvgIpc) is 3.44. The largest absolute Gasteiger partial charge is 0.450 e. The normalized spacial score (nSPS) is 13.0. The maximum atomic E-state index is 12.9. The maximum absolute atomic E-state index is 12.9. The fraction of sp³-hybridized carbons (Fsp3) is 0.269. The Morgan fingerprint density at radius 2 is 1.91 bits per heavy atom. The van der Waals surface area contributed by atoms with Crippen molar-refractivity contribution in [3.8, 4) is 10.6 Å². The molecule has 2 aromatic carbocycles. The SMILES string of the molecule is CCOC(=O)N1CCc2c(sc(NC(=O)CCSc3ccccc3)c2-c2nc3ccccc3s2)C1. The average molecular weight is 524 g/mol. The third kappa shape index (κ3) is 5.37. The fourth-order valence-corrected chi connectivity index (χ4v) is 7.30. The van der Waals surface area contributed by atoms with Crippen LogP contribution in [0, 0.1) is 0 Å². The molecule has 0 spiro atoms. The van der Waals surface area contributed by atoms with Gasteiger partial charge >= 0.3 is 6.09 Å². The van der Waals surface area contributed by atoms with Crippen molar-refractivity contribution in [1.29, 1.82) is 0 Å². The molecular weight excluding hydrogens is 499 g/mol. The summed E-state index contributed by atoms with van der Waals surface area (Å²) >= 11 is 4.85. The molecule has 2 amide bonds. The van der Waals surface area contributed by atoms with Crippen molar-refractivity contribution in [3.05, 3.63) is 65.0 Å². The second-order valence-electron chi connectivity index (χ2n) is 8.02. The van der Waals surface area contributed by atoms with Crippen LogP contribution in [0.2, 0.25) is 0 Å². The van der Waals surface area contributed by atoms with Crippen LogP contribution in [0.1, 0.15) is 23.8 Å². The van der Waals surface area contributed by atoms with E-state index in [2.05, 4.69) is 23.5 Å².